The molecule has 3 N–H and O–H groups in total. The number of thiophene rings is 1. The van der Waals surface area contributed by atoms with Crippen LogP contribution in [0.15, 0.2) is 22.5 Å². The number of guanidine groups is 1. The summed E-state index contributed by atoms with van der Waals surface area (Å²) in [4.78, 5) is 18.8. The zero-order chi connectivity index (χ0) is 19.8. The predicted molar refractivity (Wildman–Crippen MR) is 122 cm³/mol. The third-order valence-corrected chi connectivity index (χ3v) is 4.51. The molecule has 1 atom stereocenters. The van der Waals surface area contributed by atoms with Crippen LogP contribution < -0.4 is 10.6 Å². The molecule has 0 saturated heterocycles. The Bertz CT molecular complexity index is 586. The summed E-state index contributed by atoms with van der Waals surface area (Å²) in [6.07, 6.45) is -0.359. The molecule has 1 aromatic rings. The van der Waals surface area contributed by atoms with Crippen molar-refractivity contribution in [3.8, 4) is 0 Å². The average molecular weight is 512 g/mol. The van der Waals surface area contributed by atoms with E-state index in [2.05, 4.69) is 15.6 Å². The van der Waals surface area contributed by atoms with E-state index in [1.807, 2.05) is 45.2 Å². The molecule has 1 aromatic heterocycles. The van der Waals surface area contributed by atoms with Gasteiger partial charge in [0.15, 0.2) is 5.96 Å². The fourth-order valence-corrected chi connectivity index (χ4v) is 2.79. The van der Waals surface area contributed by atoms with Crippen LogP contribution in [0.2, 0.25) is 0 Å². The normalized spacial score (nSPS) is 14.0. The summed E-state index contributed by atoms with van der Waals surface area (Å²) in [6, 6.07) is 3.81. The molecule has 0 aliphatic carbocycles. The number of halogens is 1. The molecule has 0 saturated carbocycles. The number of carbonyl (C=O) groups is 1. The van der Waals surface area contributed by atoms with E-state index in [0.717, 1.165) is 4.88 Å². The summed E-state index contributed by atoms with van der Waals surface area (Å²) in [5.74, 6) is 0.599. The Labute approximate surface area is 183 Å². The van der Waals surface area contributed by atoms with Crippen LogP contribution in [-0.2, 0) is 10.3 Å². The Balaban J connectivity index is 0.00000676. The van der Waals surface area contributed by atoms with Crippen LogP contribution in [0.25, 0.3) is 0 Å². The van der Waals surface area contributed by atoms with Crippen LogP contribution in [0.5, 0.6) is 0 Å². The fourth-order valence-electron chi connectivity index (χ4n) is 2.01. The van der Waals surface area contributed by atoms with Crippen LogP contribution >= 0.6 is 35.3 Å². The lowest BCUT2D eigenvalue weighted by molar-refractivity contribution is 0.0302. The first-order valence-corrected chi connectivity index (χ1v) is 9.66. The van der Waals surface area contributed by atoms with Gasteiger partial charge in [-0.05, 0) is 46.1 Å². The van der Waals surface area contributed by atoms with Crippen LogP contribution in [-0.4, -0.2) is 60.9 Å². The molecular formula is C18H33IN4O3S. The van der Waals surface area contributed by atoms with E-state index in [4.69, 9.17) is 4.74 Å². The highest BCUT2D eigenvalue weighted by atomic mass is 127. The Morgan fingerprint density at radius 2 is 2.00 bits per heavy atom. The van der Waals surface area contributed by atoms with E-state index in [0.29, 0.717) is 25.6 Å². The van der Waals surface area contributed by atoms with Gasteiger partial charge in [-0.2, -0.15) is 0 Å². The first-order chi connectivity index (χ1) is 12.0. The van der Waals surface area contributed by atoms with E-state index in [1.165, 1.54) is 16.2 Å². The monoisotopic (exact) mass is 512 g/mol. The van der Waals surface area contributed by atoms with Gasteiger partial charge in [0.25, 0.3) is 0 Å². The average Bonchev–Trinajstić information content (AvgIpc) is 3.06. The molecule has 0 radical (unpaired) electrons. The second-order valence-corrected chi connectivity index (χ2v) is 8.22. The number of carbonyl (C=O) groups excluding carboxylic acids is 1. The molecule has 27 heavy (non-hydrogen) atoms. The van der Waals surface area contributed by atoms with E-state index in [1.54, 1.807) is 14.0 Å². The van der Waals surface area contributed by atoms with E-state index < -0.39 is 11.2 Å². The minimum Gasteiger partial charge on any atom is -0.444 e. The Morgan fingerprint density at radius 1 is 1.33 bits per heavy atom. The number of ether oxygens (including phenoxy) is 1. The molecule has 1 heterocycles. The van der Waals surface area contributed by atoms with E-state index in [9.17, 15) is 9.90 Å². The van der Waals surface area contributed by atoms with Gasteiger partial charge in [0.2, 0.25) is 0 Å². The van der Waals surface area contributed by atoms with Gasteiger partial charge in [-0.3, -0.25) is 0 Å². The number of nitrogens with one attached hydrogen (secondary N) is 2. The van der Waals surface area contributed by atoms with Gasteiger partial charge < -0.3 is 25.4 Å². The largest absolute Gasteiger partial charge is 0.444 e. The zero-order valence-electron chi connectivity index (χ0n) is 17.0. The number of hydrogen-bond acceptors (Lipinski definition) is 5. The molecule has 1 rings (SSSR count). The van der Waals surface area contributed by atoms with Crippen LogP contribution in [0.4, 0.5) is 4.79 Å². The number of likely N-dealkylation sites (N-methyl/N-ethyl adjacent to an activating group) is 1. The maximum absolute atomic E-state index is 11.9. The van der Waals surface area contributed by atoms with Crippen LogP contribution in [0.3, 0.4) is 0 Å². The first kappa shape index (κ1) is 25.9. The lowest BCUT2D eigenvalue weighted by Gasteiger charge is -2.25. The van der Waals surface area contributed by atoms with E-state index in [-0.39, 0.29) is 36.6 Å². The van der Waals surface area contributed by atoms with Crippen molar-refractivity contribution < 1.29 is 14.6 Å². The van der Waals surface area contributed by atoms with Crippen LogP contribution in [0, 0.1) is 0 Å². The van der Waals surface area contributed by atoms with Gasteiger partial charge in [0, 0.05) is 31.6 Å². The fraction of sp³-hybridized carbons (Fsp3) is 0.667. The van der Waals surface area contributed by atoms with Gasteiger partial charge in [-0.25, -0.2) is 9.79 Å². The van der Waals surface area contributed by atoms with Gasteiger partial charge >= 0.3 is 6.09 Å². The molecule has 0 spiro atoms. The third-order valence-electron chi connectivity index (χ3n) is 3.39. The summed E-state index contributed by atoms with van der Waals surface area (Å²) < 4.78 is 5.32. The smallest absolute Gasteiger partial charge is 0.410 e. The topological polar surface area (TPSA) is 86.2 Å². The molecule has 156 valence electrons. The molecule has 9 heteroatoms. The third kappa shape index (κ3) is 10.2. The van der Waals surface area contributed by atoms with Gasteiger partial charge in [-0.15, -0.1) is 35.3 Å². The molecule has 7 nitrogen and oxygen atoms in total. The van der Waals surface area contributed by atoms with Crippen molar-refractivity contribution in [3.05, 3.63) is 22.4 Å². The summed E-state index contributed by atoms with van der Waals surface area (Å²) in [7, 11) is 1.70. The first-order valence-electron chi connectivity index (χ1n) is 8.78. The van der Waals surface area contributed by atoms with Crippen molar-refractivity contribution in [2.24, 2.45) is 4.99 Å². The second-order valence-electron chi connectivity index (χ2n) is 7.27. The maximum atomic E-state index is 11.9. The minimum absolute atomic E-state index is 0. The van der Waals surface area contributed by atoms with Crippen molar-refractivity contribution >= 4 is 47.4 Å². The Hall–Kier alpha value is -1.07. The van der Waals surface area contributed by atoms with Crippen molar-refractivity contribution in [2.75, 3.05) is 33.2 Å². The molecule has 1 amide bonds. The molecule has 0 aliphatic heterocycles. The van der Waals surface area contributed by atoms with Crippen molar-refractivity contribution in [3.63, 3.8) is 0 Å². The van der Waals surface area contributed by atoms with Crippen molar-refractivity contribution in [1.29, 1.82) is 0 Å². The van der Waals surface area contributed by atoms with Gasteiger partial charge in [0.1, 0.15) is 11.2 Å². The number of amides is 1. The van der Waals surface area contributed by atoms with Gasteiger partial charge in [0.05, 0.1) is 6.54 Å². The zero-order valence-corrected chi connectivity index (χ0v) is 20.2. The molecule has 0 bridgehead atoms. The van der Waals surface area contributed by atoms with Crippen molar-refractivity contribution in [2.45, 2.75) is 45.8 Å². The number of nitrogens with zero attached hydrogens (tertiary/aromatic N) is 2. The maximum Gasteiger partial charge on any atom is 0.410 e. The quantitative estimate of drug-likeness (QED) is 0.297. The minimum atomic E-state index is -1.01. The molecular weight excluding hydrogens is 479 g/mol. The Morgan fingerprint density at radius 3 is 2.52 bits per heavy atom. The highest BCUT2D eigenvalue weighted by Gasteiger charge is 2.24. The summed E-state index contributed by atoms with van der Waals surface area (Å²) in [5.41, 5.74) is -1.52. The molecule has 1 unspecified atom stereocenters. The molecule has 0 aromatic carbocycles. The number of hydrogen-bond donors (Lipinski definition) is 3. The lowest BCUT2D eigenvalue weighted by Crippen LogP contribution is -2.43. The lowest BCUT2D eigenvalue weighted by atomic mass is 10.1. The molecule has 0 aliphatic rings. The summed E-state index contributed by atoms with van der Waals surface area (Å²) in [5, 5.41) is 18.8. The number of rotatable bonds is 7. The van der Waals surface area contributed by atoms with Gasteiger partial charge in [-0.1, -0.05) is 6.07 Å². The van der Waals surface area contributed by atoms with E-state index >= 15 is 0 Å². The SMILES string of the molecule is CCNC(=NCC(C)(O)c1cccs1)NCCN(C)C(=O)OC(C)(C)C.I. The van der Waals surface area contributed by atoms with Crippen molar-refractivity contribution in [1.82, 2.24) is 15.5 Å². The highest BCUT2D eigenvalue weighted by molar-refractivity contribution is 14.0. The standard InChI is InChI=1S/C18H32N4O3S.HI/c1-7-19-15(21-13-18(5,24)14-9-8-12-26-14)20-10-11-22(6)16(23)25-17(2,3)4;/h8-9,12,24H,7,10-11,13H2,1-6H3,(H2,19,20,21);1H. The number of aliphatic hydroxyl groups is 1. The predicted octanol–water partition coefficient (Wildman–Crippen LogP) is 3.00. The second kappa shape index (κ2) is 11.7. The molecule has 0 fully saturated rings. The highest BCUT2D eigenvalue weighted by Crippen LogP contribution is 2.25. The van der Waals surface area contributed by atoms with Crippen LogP contribution in [0.1, 0.15) is 39.5 Å². The number of aliphatic imine (C=N–C) groups is 1. The Kier molecular flexibility index (Phi) is 11.2. The summed E-state index contributed by atoms with van der Waals surface area (Å²) >= 11 is 1.51. The summed E-state index contributed by atoms with van der Waals surface area (Å²) in [6.45, 7) is 11.2.